The average molecular weight is 408 g/mol. The van der Waals surface area contributed by atoms with Gasteiger partial charge >= 0.3 is 0 Å². The number of hydrogen-bond donors (Lipinski definition) is 2. The van der Waals surface area contributed by atoms with Gasteiger partial charge in [-0.3, -0.25) is 4.79 Å². The molecular weight excluding hydrogens is 393 g/mol. The molecule has 0 saturated heterocycles. The van der Waals surface area contributed by atoms with Gasteiger partial charge in [-0.15, -0.1) is 10.2 Å². The van der Waals surface area contributed by atoms with Crippen molar-refractivity contribution >= 4 is 46.6 Å². The van der Waals surface area contributed by atoms with E-state index in [9.17, 15) is 4.79 Å². The van der Waals surface area contributed by atoms with Gasteiger partial charge in [-0.1, -0.05) is 59.2 Å². The molecular formula is C17H15Cl2N5OS. The van der Waals surface area contributed by atoms with E-state index >= 15 is 0 Å². The highest BCUT2D eigenvalue weighted by Crippen LogP contribution is 2.25. The number of nitrogen functional groups attached to an aromatic ring is 1. The van der Waals surface area contributed by atoms with Crippen molar-refractivity contribution in [2.75, 3.05) is 16.9 Å². The lowest BCUT2D eigenvalue weighted by Crippen LogP contribution is -2.16. The monoisotopic (exact) mass is 407 g/mol. The molecule has 0 spiro atoms. The second kappa shape index (κ2) is 7.99. The Kier molecular flexibility index (Phi) is 5.70. The van der Waals surface area contributed by atoms with Gasteiger partial charge in [0.25, 0.3) is 0 Å². The Hall–Kier alpha value is -2.22. The van der Waals surface area contributed by atoms with Crippen molar-refractivity contribution in [2.45, 2.75) is 12.1 Å². The number of thioether (sulfide) groups is 1. The molecule has 134 valence electrons. The van der Waals surface area contributed by atoms with Gasteiger partial charge in [0.05, 0.1) is 5.75 Å². The number of nitrogens with two attached hydrogens (primary N) is 1. The van der Waals surface area contributed by atoms with Crippen molar-refractivity contribution in [1.29, 1.82) is 0 Å². The molecule has 0 atom stereocenters. The summed E-state index contributed by atoms with van der Waals surface area (Å²) in [5, 5.41) is 12.3. The Morgan fingerprint density at radius 2 is 1.88 bits per heavy atom. The summed E-state index contributed by atoms with van der Waals surface area (Å²) in [7, 11) is 0. The number of halogens is 2. The van der Waals surface area contributed by atoms with Gasteiger partial charge < -0.3 is 11.2 Å². The minimum Gasteiger partial charge on any atom is -0.335 e. The van der Waals surface area contributed by atoms with Crippen LogP contribution in [0.25, 0.3) is 11.4 Å². The SMILES string of the molecule is Cc1ccccc1-c1nnc(SCC(=O)Nc2cc(Cl)cc(Cl)c2)n1N. The fourth-order valence-corrected chi connectivity index (χ4v) is 3.52. The second-order valence-electron chi connectivity index (χ2n) is 5.49. The fraction of sp³-hybridized carbons (Fsp3) is 0.118. The van der Waals surface area contributed by atoms with Crippen LogP contribution in [0.15, 0.2) is 47.6 Å². The highest BCUT2D eigenvalue weighted by atomic mass is 35.5. The van der Waals surface area contributed by atoms with Crippen LogP contribution in [0, 0.1) is 6.92 Å². The number of rotatable bonds is 5. The van der Waals surface area contributed by atoms with Crippen LogP contribution in [-0.2, 0) is 4.79 Å². The van der Waals surface area contributed by atoms with Crippen LogP contribution in [0.3, 0.4) is 0 Å². The minimum atomic E-state index is -0.228. The predicted molar refractivity (Wildman–Crippen MR) is 106 cm³/mol. The molecule has 3 aromatic rings. The predicted octanol–water partition coefficient (Wildman–Crippen LogP) is 4.00. The van der Waals surface area contributed by atoms with Crippen LogP contribution in [0.2, 0.25) is 10.0 Å². The van der Waals surface area contributed by atoms with Crippen LogP contribution in [0.5, 0.6) is 0 Å². The van der Waals surface area contributed by atoms with Crippen molar-refractivity contribution in [1.82, 2.24) is 14.9 Å². The van der Waals surface area contributed by atoms with Gasteiger partial charge in [0.2, 0.25) is 11.1 Å². The highest BCUT2D eigenvalue weighted by molar-refractivity contribution is 7.99. The molecule has 9 heteroatoms. The molecule has 1 aromatic heterocycles. The molecule has 0 saturated carbocycles. The molecule has 6 nitrogen and oxygen atoms in total. The lowest BCUT2D eigenvalue weighted by atomic mass is 10.1. The first-order valence-corrected chi connectivity index (χ1v) is 9.33. The van der Waals surface area contributed by atoms with Crippen LogP contribution >= 0.6 is 35.0 Å². The largest absolute Gasteiger partial charge is 0.335 e. The first-order chi connectivity index (χ1) is 12.4. The fourth-order valence-electron chi connectivity index (χ4n) is 2.34. The van der Waals surface area contributed by atoms with Gasteiger partial charge in [0.1, 0.15) is 0 Å². The highest BCUT2D eigenvalue weighted by Gasteiger charge is 2.15. The molecule has 3 rings (SSSR count). The summed E-state index contributed by atoms with van der Waals surface area (Å²) >= 11 is 13.0. The normalized spacial score (nSPS) is 10.7. The van der Waals surface area contributed by atoms with E-state index in [0.29, 0.717) is 26.7 Å². The molecule has 0 bridgehead atoms. The molecule has 0 unspecified atom stereocenters. The Balaban J connectivity index is 1.67. The standard InChI is InChI=1S/C17H15Cl2N5OS/c1-10-4-2-3-5-14(10)16-22-23-17(24(16)20)26-9-15(25)21-13-7-11(18)6-12(19)8-13/h2-8H,9,20H2,1H3,(H,21,25). The van der Waals surface area contributed by atoms with E-state index in [1.807, 2.05) is 31.2 Å². The maximum Gasteiger partial charge on any atom is 0.234 e. The summed E-state index contributed by atoms with van der Waals surface area (Å²) < 4.78 is 1.39. The zero-order valence-corrected chi connectivity index (χ0v) is 16.1. The molecule has 0 fully saturated rings. The van der Waals surface area contributed by atoms with Crippen LogP contribution in [0.1, 0.15) is 5.56 Å². The number of benzene rings is 2. The molecule has 1 amide bonds. The number of nitrogens with one attached hydrogen (secondary N) is 1. The van der Waals surface area contributed by atoms with E-state index in [1.165, 1.54) is 16.4 Å². The van der Waals surface area contributed by atoms with Crippen LogP contribution < -0.4 is 11.2 Å². The first kappa shape index (κ1) is 18.6. The minimum absolute atomic E-state index is 0.118. The third kappa shape index (κ3) is 4.30. The quantitative estimate of drug-likeness (QED) is 0.492. The van der Waals surface area contributed by atoms with Crippen molar-refractivity contribution in [3.63, 3.8) is 0 Å². The Bertz CT molecular complexity index is 940. The molecule has 0 aliphatic carbocycles. The molecule has 0 aliphatic heterocycles. The topological polar surface area (TPSA) is 85.8 Å². The van der Waals surface area contributed by atoms with Crippen molar-refractivity contribution in [3.05, 3.63) is 58.1 Å². The Morgan fingerprint density at radius 1 is 1.19 bits per heavy atom. The van der Waals surface area contributed by atoms with E-state index in [4.69, 9.17) is 29.0 Å². The van der Waals surface area contributed by atoms with Crippen LogP contribution in [0.4, 0.5) is 5.69 Å². The lowest BCUT2D eigenvalue weighted by molar-refractivity contribution is -0.113. The maximum atomic E-state index is 12.1. The Labute approximate surface area is 164 Å². The average Bonchev–Trinajstić information content (AvgIpc) is 2.93. The summed E-state index contributed by atoms with van der Waals surface area (Å²) in [5.41, 5.74) is 2.47. The summed E-state index contributed by atoms with van der Waals surface area (Å²) in [5.74, 6) is 6.53. The van der Waals surface area contributed by atoms with Crippen LogP contribution in [-0.4, -0.2) is 26.5 Å². The van der Waals surface area contributed by atoms with E-state index in [2.05, 4.69) is 15.5 Å². The molecule has 3 N–H and O–H groups in total. The number of carbonyl (C=O) groups excluding carboxylic acids is 1. The number of hydrogen-bond acceptors (Lipinski definition) is 5. The number of amides is 1. The third-order valence-corrected chi connectivity index (χ3v) is 4.91. The van der Waals surface area contributed by atoms with Crippen molar-refractivity contribution in [3.8, 4) is 11.4 Å². The molecule has 26 heavy (non-hydrogen) atoms. The number of aromatic nitrogens is 3. The van der Waals surface area contributed by atoms with Gasteiger partial charge in [-0.2, -0.15) is 0 Å². The van der Waals surface area contributed by atoms with E-state index in [-0.39, 0.29) is 11.7 Å². The van der Waals surface area contributed by atoms with Gasteiger partial charge in [-0.05, 0) is 30.7 Å². The van der Waals surface area contributed by atoms with Gasteiger partial charge in [-0.25, -0.2) is 4.68 Å². The first-order valence-electron chi connectivity index (χ1n) is 7.59. The summed E-state index contributed by atoms with van der Waals surface area (Å²) in [4.78, 5) is 12.1. The molecule has 1 heterocycles. The van der Waals surface area contributed by atoms with Gasteiger partial charge in [0, 0.05) is 21.3 Å². The smallest absolute Gasteiger partial charge is 0.234 e. The summed E-state index contributed by atoms with van der Waals surface area (Å²) in [6, 6.07) is 12.6. The maximum absolute atomic E-state index is 12.1. The molecule has 0 aliphatic rings. The lowest BCUT2D eigenvalue weighted by Gasteiger charge is -2.07. The zero-order chi connectivity index (χ0) is 18.7. The van der Waals surface area contributed by atoms with E-state index in [0.717, 1.165) is 11.1 Å². The van der Waals surface area contributed by atoms with E-state index < -0.39 is 0 Å². The van der Waals surface area contributed by atoms with E-state index in [1.54, 1.807) is 18.2 Å². The number of anilines is 1. The van der Waals surface area contributed by atoms with Crippen molar-refractivity contribution in [2.24, 2.45) is 0 Å². The number of carbonyl (C=O) groups is 1. The van der Waals surface area contributed by atoms with Gasteiger partial charge in [0.15, 0.2) is 5.82 Å². The second-order valence-corrected chi connectivity index (χ2v) is 7.30. The molecule has 2 aromatic carbocycles. The zero-order valence-electron chi connectivity index (χ0n) is 13.7. The number of nitrogens with zero attached hydrogens (tertiary/aromatic N) is 3. The van der Waals surface area contributed by atoms with Crippen molar-refractivity contribution < 1.29 is 4.79 Å². The Morgan fingerprint density at radius 3 is 2.58 bits per heavy atom. The molecule has 0 radical (unpaired) electrons. The third-order valence-electron chi connectivity index (χ3n) is 3.53. The summed E-state index contributed by atoms with van der Waals surface area (Å²) in [6.07, 6.45) is 0. The number of aryl methyl sites for hydroxylation is 1. The summed E-state index contributed by atoms with van der Waals surface area (Å²) in [6.45, 7) is 1.97.